The van der Waals surface area contributed by atoms with E-state index in [9.17, 15) is 4.79 Å². The van der Waals surface area contributed by atoms with Crippen LogP contribution in [0, 0.1) is 13.8 Å². The van der Waals surface area contributed by atoms with Gasteiger partial charge >= 0.3 is 0 Å². The molecular weight excluding hydrogens is 562 g/mol. The molecule has 1 amide bonds. The molecule has 3 aromatic heterocycles. The minimum Gasteiger partial charge on any atom is -0.488 e. The summed E-state index contributed by atoms with van der Waals surface area (Å²) < 4.78 is 10.3. The largest absolute Gasteiger partial charge is 0.488 e. The first-order valence-electron chi connectivity index (χ1n) is 16.6. The Morgan fingerprint density at radius 1 is 0.978 bits per heavy atom. The van der Waals surface area contributed by atoms with Gasteiger partial charge in [-0.05, 0) is 67.6 Å². The summed E-state index contributed by atoms with van der Waals surface area (Å²) in [6.45, 7) is 26.6. The van der Waals surface area contributed by atoms with Crippen molar-refractivity contribution in [2.45, 2.75) is 138 Å². The maximum Gasteiger partial charge on any atom is 0.271 e. The highest BCUT2D eigenvalue weighted by atomic mass is 16.5. The van der Waals surface area contributed by atoms with Crippen LogP contribution >= 0.6 is 0 Å². The standard InChI is InChI=1S/C36H55N7O2/c1-13-26(45-29-18-16-25(35(9,10)14-2)20-28(29)36(11,12)15-3)22-37-32(44)19-17-27-23(4)40-42(24(27)5)33-39-38-31-21-30(34(6,7)8)41-43(31)33/h16,18,20-21,26,41H,13-15,17,19,22H2,1-12H3,(H,37,44). The Kier molecular flexibility index (Phi) is 9.90. The van der Waals surface area contributed by atoms with Crippen molar-refractivity contribution < 1.29 is 9.53 Å². The Hall–Kier alpha value is -3.62. The molecule has 0 fully saturated rings. The van der Waals surface area contributed by atoms with Crippen molar-refractivity contribution in [1.82, 2.24) is 34.9 Å². The number of rotatable bonds is 13. The van der Waals surface area contributed by atoms with Gasteiger partial charge in [-0.1, -0.05) is 81.4 Å². The van der Waals surface area contributed by atoms with Crippen LogP contribution < -0.4 is 10.1 Å². The first-order valence-corrected chi connectivity index (χ1v) is 16.6. The maximum absolute atomic E-state index is 13.1. The number of carbonyl (C=O) groups is 1. The molecule has 2 N–H and O–H groups in total. The zero-order valence-corrected chi connectivity index (χ0v) is 29.7. The summed E-state index contributed by atoms with van der Waals surface area (Å²) in [5.74, 6) is 1.52. The van der Waals surface area contributed by atoms with Crippen LogP contribution in [-0.4, -0.2) is 48.1 Å². The SMILES string of the molecule is CCC(CNC(=O)CCc1c(C)nn(-c2nnc3cc(C(C)(C)C)[nH]n23)c1C)Oc1ccc(C(C)(C)CC)cc1C(C)(C)CC. The van der Waals surface area contributed by atoms with Gasteiger partial charge in [0.1, 0.15) is 11.9 Å². The molecule has 4 rings (SSSR count). The number of aromatic nitrogens is 6. The highest BCUT2D eigenvalue weighted by Crippen LogP contribution is 2.39. The lowest BCUT2D eigenvalue weighted by molar-refractivity contribution is -0.121. The molecule has 0 aliphatic carbocycles. The van der Waals surface area contributed by atoms with E-state index in [0.29, 0.717) is 25.3 Å². The summed E-state index contributed by atoms with van der Waals surface area (Å²) in [5.41, 5.74) is 7.31. The van der Waals surface area contributed by atoms with Crippen molar-refractivity contribution >= 4 is 11.6 Å². The summed E-state index contributed by atoms with van der Waals surface area (Å²) in [7, 11) is 0. The molecule has 0 saturated carbocycles. The smallest absolute Gasteiger partial charge is 0.271 e. The minimum atomic E-state index is -0.120. The Balaban J connectivity index is 1.42. The Labute approximate surface area is 269 Å². The first kappa shape index (κ1) is 34.3. The fourth-order valence-electron chi connectivity index (χ4n) is 5.50. The quantitative estimate of drug-likeness (QED) is 0.162. The molecule has 9 heteroatoms. The van der Waals surface area contributed by atoms with E-state index in [4.69, 9.17) is 9.84 Å². The molecule has 45 heavy (non-hydrogen) atoms. The molecule has 0 aliphatic heterocycles. The maximum atomic E-state index is 13.1. The number of aryl methyl sites for hydroxylation is 1. The number of benzene rings is 1. The lowest BCUT2D eigenvalue weighted by Crippen LogP contribution is -2.35. The van der Waals surface area contributed by atoms with Gasteiger partial charge in [-0.3, -0.25) is 9.89 Å². The van der Waals surface area contributed by atoms with Gasteiger partial charge < -0.3 is 10.1 Å². The van der Waals surface area contributed by atoms with Crippen molar-refractivity contribution in [3.8, 4) is 11.7 Å². The number of hydrogen-bond acceptors (Lipinski definition) is 5. The number of ether oxygens (including phenoxy) is 1. The fourth-order valence-corrected chi connectivity index (χ4v) is 5.50. The van der Waals surface area contributed by atoms with E-state index in [1.807, 2.05) is 29.1 Å². The van der Waals surface area contributed by atoms with Gasteiger partial charge in [0.2, 0.25) is 5.91 Å². The topological polar surface area (TPSA) is 102 Å². The zero-order chi connectivity index (χ0) is 33.3. The van der Waals surface area contributed by atoms with Crippen LogP contribution in [-0.2, 0) is 27.5 Å². The second-order valence-electron chi connectivity index (χ2n) is 14.8. The first-order chi connectivity index (χ1) is 21.0. The number of hydrogen-bond donors (Lipinski definition) is 2. The van der Waals surface area contributed by atoms with E-state index in [-0.39, 0.29) is 28.3 Å². The van der Waals surface area contributed by atoms with Crippen LogP contribution in [0.1, 0.15) is 129 Å². The van der Waals surface area contributed by atoms with Gasteiger partial charge in [-0.2, -0.15) is 9.61 Å². The average molecular weight is 618 g/mol. The predicted molar refractivity (Wildman–Crippen MR) is 182 cm³/mol. The van der Waals surface area contributed by atoms with Crippen LogP contribution in [0.15, 0.2) is 24.3 Å². The van der Waals surface area contributed by atoms with Crippen LogP contribution in [0.5, 0.6) is 5.75 Å². The minimum absolute atomic E-state index is 0.00168. The van der Waals surface area contributed by atoms with Crippen LogP contribution in [0.4, 0.5) is 0 Å². The number of nitrogens with one attached hydrogen (secondary N) is 2. The van der Waals surface area contributed by atoms with Crippen molar-refractivity contribution in [2.75, 3.05) is 6.54 Å². The lowest BCUT2D eigenvalue weighted by atomic mass is 9.76. The second kappa shape index (κ2) is 13.0. The highest BCUT2D eigenvalue weighted by Gasteiger charge is 2.28. The molecule has 9 nitrogen and oxygen atoms in total. The summed E-state index contributed by atoms with van der Waals surface area (Å²) in [6.07, 6.45) is 3.70. The Morgan fingerprint density at radius 3 is 2.29 bits per heavy atom. The number of carbonyl (C=O) groups excluding carboxylic acids is 1. The van der Waals surface area contributed by atoms with Gasteiger partial charge in [-0.15, -0.1) is 10.2 Å². The lowest BCUT2D eigenvalue weighted by Gasteiger charge is -2.31. The zero-order valence-electron chi connectivity index (χ0n) is 29.7. The summed E-state index contributed by atoms with van der Waals surface area (Å²) >= 11 is 0. The van der Waals surface area contributed by atoms with Crippen LogP contribution in [0.3, 0.4) is 0 Å². The van der Waals surface area contributed by atoms with Crippen molar-refractivity contribution in [3.05, 3.63) is 58.0 Å². The number of nitrogens with zero attached hydrogens (tertiary/aromatic N) is 5. The van der Waals surface area contributed by atoms with Crippen LogP contribution in [0.25, 0.3) is 11.6 Å². The van der Waals surface area contributed by atoms with Gasteiger partial charge in [0.15, 0.2) is 5.65 Å². The van der Waals surface area contributed by atoms with E-state index in [1.165, 1.54) is 11.1 Å². The molecule has 1 aromatic carbocycles. The molecule has 0 bridgehead atoms. The molecule has 0 aliphatic rings. The molecule has 0 radical (unpaired) electrons. The highest BCUT2D eigenvalue weighted by molar-refractivity contribution is 5.76. The van der Waals surface area contributed by atoms with Gasteiger partial charge in [0.25, 0.3) is 5.95 Å². The Bertz CT molecular complexity index is 1630. The van der Waals surface area contributed by atoms with E-state index in [1.54, 1.807) is 0 Å². The summed E-state index contributed by atoms with van der Waals surface area (Å²) in [4.78, 5) is 13.1. The number of fused-ring (bicyclic) bond motifs is 1. The van der Waals surface area contributed by atoms with Crippen molar-refractivity contribution in [1.29, 1.82) is 0 Å². The number of H-pyrrole nitrogens is 1. The molecule has 0 saturated heterocycles. The third-order valence-corrected chi connectivity index (χ3v) is 9.75. The Morgan fingerprint density at radius 2 is 1.67 bits per heavy atom. The van der Waals surface area contributed by atoms with E-state index in [2.05, 4.69) is 108 Å². The van der Waals surface area contributed by atoms with Crippen molar-refractivity contribution in [2.24, 2.45) is 0 Å². The normalized spacial score (nSPS) is 13.4. The van der Waals surface area contributed by atoms with E-state index in [0.717, 1.165) is 53.3 Å². The molecule has 4 aromatic rings. The van der Waals surface area contributed by atoms with Crippen molar-refractivity contribution in [3.63, 3.8) is 0 Å². The van der Waals surface area contributed by atoms with Gasteiger partial charge in [0, 0.05) is 34.9 Å². The monoisotopic (exact) mass is 617 g/mol. The number of amides is 1. The van der Waals surface area contributed by atoms with E-state index >= 15 is 0 Å². The summed E-state index contributed by atoms with van der Waals surface area (Å²) in [5, 5.41) is 20.1. The molecule has 3 heterocycles. The fraction of sp³-hybridized carbons (Fsp3) is 0.611. The average Bonchev–Trinajstić information content (AvgIpc) is 3.67. The molecule has 1 unspecified atom stereocenters. The third-order valence-electron chi connectivity index (χ3n) is 9.75. The second-order valence-corrected chi connectivity index (χ2v) is 14.8. The summed E-state index contributed by atoms with van der Waals surface area (Å²) in [6, 6.07) is 8.69. The molecular formula is C36H55N7O2. The van der Waals surface area contributed by atoms with E-state index < -0.39 is 0 Å². The molecule has 246 valence electrons. The van der Waals surface area contributed by atoms with Gasteiger partial charge in [0.05, 0.1) is 12.2 Å². The third kappa shape index (κ3) is 7.28. The number of aromatic amines is 1. The predicted octanol–water partition coefficient (Wildman–Crippen LogP) is 7.44. The van der Waals surface area contributed by atoms with Crippen LogP contribution in [0.2, 0.25) is 0 Å². The molecule has 0 spiro atoms. The molecule has 1 atom stereocenters. The van der Waals surface area contributed by atoms with Gasteiger partial charge in [-0.25, -0.2) is 4.68 Å².